The topological polar surface area (TPSA) is 58.6 Å². The Bertz CT molecular complexity index is 814. The molecule has 0 radical (unpaired) electrons. The van der Waals surface area contributed by atoms with Gasteiger partial charge in [0.05, 0.1) is 0 Å². The second kappa shape index (κ2) is 10.8. The van der Waals surface area contributed by atoms with E-state index in [1.54, 1.807) is 11.8 Å². The third kappa shape index (κ3) is 6.34. The number of nitrogens with one attached hydrogen (secondary N) is 1. The van der Waals surface area contributed by atoms with Crippen molar-refractivity contribution in [1.29, 1.82) is 0 Å². The number of carbonyl (C=O) groups excluding carboxylic acids is 2. The molecule has 5 nitrogen and oxygen atoms in total. The summed E-state index contributed by atoms with van der Waals surface area (Å²) in [6, 6.07) is 17.0. The molecule has 0 saturated heterocycles. The fourth-order valence-electron chi connectivity index (χ4n) is 3.79. The van der Waals surface area contributed by atoms with Gasteiger partial charge < -0.3 is 15.0 Å². The Morgan fingerprint density at radius 1 is 1.03 bits per heavy atom. The summed E-state index contributed by atoms with van der Waals surface area (Å²) in [7, 11) is 0. The zero-order valence-corrected chi connectivity index (χ0v) is 18.0. The molecule has 2 aromatic carbocycles. The van der Waals surface area contributed by atoms with Gasteiger partial charge in [0.2, 0.25) is 5.91 Å². The third-order valence-corrected chi connectivity index (χ3v) is 5.70. The van der Waals surface area contributed by atoms with Crippen LogP contribution in [0, 0.1) is 6.92 Å². The van der Waals surface area contributed by atoms with Gasteiger partial charge in [0.1, 0.15) is 11.8 Å². The number of rotatable bonds is 8. The number of hydrogen-bond acceptors (Lipinski definition) is 3. The van der Waals surface area contributed by atoms with Crippen LogP contribution in [0.3, 0.4) is 0 Å². The second-order valence-corrected chi connectivity index (χ2v) is 8.13. The Kier molecular flexibility index (Phi) is 7.89. The SMILES string of the molecule is Cc1ccc(OCC(=O)N(Cc2ccccc2)[C@H](C)C(=O)NC2CCCCC2)cc1. The van der Waals surface area contributed by atoms with E-state index in [0.717, 1.165) is 36.8 Å². The molecule has 30 heavy (non-hydrogen) atoms. The van der Waals surface area contributed by atoms with Gasteiger partial charge in [-0.25, -0.2) is 0 Å². The molecule has 2 amide bonds. The van der Waals surface area contributed by atoms with Crippen LogP contribution in [0.4, 0.5) is 0 Å². The van der Waals surface area contributed by atoms with Crippen molar-refractivity contribution in [2.45, 2.75) is 64.6 Å². The van der Waals surface area contributed by atoms with Gasteiger partial charge in [-0.2, -0.15) is 0 Å². The van der Waals surface area contributed by atoms with Crippen molar-refractivity contribution in [3.8, 4) is 5.75 Å². The molecule has 1 saturated carbocycles. The summed E-state index contributed by atoms with van der Waals surface area (Å²) in [5.41, 5.74) is 2.12. The fourth-order valence-corrected chi connectivity index (χ4v) is 3.79. The van der Waals surface area contributed by atoms with E-state index in [2.05, 4.69) is 5.32 Å². The summed E-state index contributed by atoms with van der Waals surface area (Å²) in [5.74, 6) is 0.347. The average molecular weight is 409 g/mol. The van der Waals surface area contributed by atoms with Crippen molar-refractivity contribution in [1.82, 2.24) is 10.2 Å². The van der Waals surface area contributed by atoms with E-state index in [1.807, 2.05) is 61.5 Å². The van der Waals surface area contributed by atoms with Crippen LogP contribution in [0.2, 0.25) is 0 Å². The summed E-state index contributed by atoms with van der Waals surface area (Å²) in [5, 5.41) is 3.15. The first-order chi connectivity index (χ1) is 14.5. The van der Waals surface area contributed by atoms with Crippen molar-refractivity contribution in [2.75, 3.05) is 6.61 Å². The molecular weight excluding hydrogens is 376 g/mol. The molecule has 160 valence electrons. The summed E-state index contributed by atoms with van der Waals surface area (Å²) >= 11 is 0. The first-order valence-electron chi connectivity index (χ1n) is 10.9. The molecule has 0 aromatic heterocycles. The van der Waals surface area contributed by atoms with Crippen LogP contribution in [-0.4, -0.2) is 35.4 Å². The smallest absolute Gasteiger partial charge is 0.261 e. The standard InChI is InChI=1S/C25H32N2O3/c1-19-13-15-23(16-14-19)30-18-24(28)27(17-21-9-5-3-6-10-21)20(2)25(29)26-22-11-7-4-8-12-22/h3,5-6,9-10,13-16,20,22H,4,7-8,11-12,17-18H2,1-2H3,(H,26,29)/t20-/m1/s1. The Hall–Kier alpha value is -2.82. The highest BCUT2D eigenvalue weighted by atomic mass is 16.5. The lowest BCUT2D eigenvalue weighted by Gasteiger charge is -2.31. The summed E-state index contributed by atoms with van der Waals surface area (Å²) < 4.78 is 5.70. The first-order valence-corrected chi connectivity index (χ1v) is 10.9. The zero-order valence-electron chi connectivity index (χ0n) is 18.0. The number of hydrogen-bond donors (Lipinski definition) is 1. The Morgan fingerprint density at radius 2 is 1.70 bits per heavy atom. The lowest BCUT2D eigenvalue weighted by atomic mass is 9.95. The van der Waals surface area contributed by atoms with Crippen LogP contribution in [-0.2, 0) is 16.1 Å². The van der Waals surface area contributed by atoms with E-state index in [0.29, 0.717) is 12.3 Å². The van der Waals surface area contributed by atoms with E-state index < -0.39 is 6.04 Å². The Balaban J connectivity index is 1.67. The van der Waals surface area contributed by atoms with Gasteiger partial charge in [-0.3, -0.25) is 9.59 Å². The summed E-state index contributed by atoms with van der Waals surface area (Å²) in [4.78, 5) is 27.6. The first kappa shape index (κ1) is 21.9. The number of carbonyl (C=O) groups is 2. The van der Waals surface area contributed by atoms with E-state index >= 15 is 0 Å². The quantitative estimate of drug-likeness (QED) is 0.711. The van der Waals surface area contributed by atoms with Crippen LogP contribution in [0.25, 0.3) is 0 Å². The van der Waals surface area contributed by atoms with Gasteiger partial charge in [0.25, 0.3) is 5.91 Å². The zero-order chi connectivity index (χ0) is 21.3. The molecular formula is C25H32N2O3. The second-order valence-electron chi connectivity index (χ2n) is 8.13. The Labute approximate surface area is 179 Å². The van der Waals surface area contributed by atoms with E-state index in [4.69, 9.17) is 4.74 Å². The van der Waals surface area contributed by atoms with E-state index in [-0.39, 0.29) is 24.5 Å². The highest BCUT2D eigenvalue weighted by Gasteiger charge is 2.28. The van der Waals surface area contributed by atoms with Gasteiger partial charge in [-0.1, -0.05) is 67.3 Å². The maximum Gasteiger partial charge on any atom is 0.261 e. The van der Waals surface area contributed by atoms with E-state index in [9.17, 15) is 9.59 Å². The third-order valence-electron chi connectivity index (χ3n) is 5.70. The van der Waals surface area contributed by atoms with Gasteiger partial charge in [-0.15, -0.1) is 0 Å². The Morgan fingerprint density at radius 3 is 2.37 bits per heavy atom. The predicted octanol–water partition coefficient (Wildman–Crippen LogP) is 4.24. The molecule has 1 atom stereocenters. The van der Waals surface area contributed by atoms with Crippen molar-refractivity contribution >= 4 is 11.8 Å². The van der Waals surface area contributed by atoms with Crippen LogP contribution >= 0.6 is 0 Å². The molecule has 1 aliphatic carbocycles. The number of nitrogens with zero attached hydrogens (tertiary/aromatic N) is 1. The molecule has 1 aliphatic rings. The lowest BCUT2D eigenvalue weighted by molar-refractivity contribution is -0.142. The van der Waals surface area contributed by atoms with Gasteiger partial charge >= 0.3 is 0 Å². The fraction of sp³-hybridized carbons (Fsp3) is 0.440. The van der Waals surface area contributed by atoms with Crippen LogP contribution < -0.4 is 10.1 Å². The molecule has 0 heterocycles. The summed E-state index contributed by atoms with van der Waals surface area (Å²) in [6.07, 6.45) is 5.56. The maximum atomic E-state index is 13.0. The molecule has 3 rings (SSSR count). The van der Waals surface area contributed by atoms with Crippen molar-refractivity contribution in [3.05, 3.63) is 65.7 Å². The maximum absolute atomic E-state index is 13.0. The minimum Gasteiger partial charge on any atom is -0.484 e. The minimum atomic E-state index is -0.568. The molecule has 5 heteroatoms. The number of benzene rings is 2. The lowest BCUT2D eigenvalue weighted by Crippen LogP contribution is -2.51. The van der Waals surface area contributed by atoms with Gasteiger partial charge in [0.15, 0.2) is 6.61 Å². The van der Waals surface area contributed by atoms with Crippen molar-refractivity contribution in [3.63, 3.8) is 0 Å². The molecule has 1 fully saturated rings. The van der Waals surface area contributed by atoms with Crippen LogP contribution in [0.1, 0.15) is 50.2 Å². The predicted molar refractivity (Wildman–Crippen MR) is 118 cm³/mol. The molecule has 2 aromatic rings. The molecule has 0 spiro atoms. The van der Waals surface area contributed by atoms with E-state index in [1.165, 1.54) is 6.42 Å². The molecule has 0 aliphatic heterocycles. The normalized spacial score (nSPS) is 15.3. The molecule has 1 N–H and O–H groups in total. The van der Waals surface area contributed by atoms with Gasteiger partial charge in [-0.05, 0) is 44.4 Å². The van der Waals surface area contributed by atoms with Gasteiger partial charge in [0, 0.05) is 12.6 Å². The minimum absolute atomic E-state index is 0.0958. The number of aryl methyl sites for hydroxylation is 1. The summed E-state index contributed by atoms with van der Waals surface area (Å²) in [6.45, 7) is 4.07. The average Bonchev–Trinajstić information content (AvgIpc) is 2.78. The molecule has 0 bridgehead atoms. The van der Waals surface area contributed by atoms with Crippen LogP contribution in [0.15, 0.2) is 54.6 Å². The number of amides is 2. The largest absolute Gasteiger partial charge is 0.484 e. The van der Waals surface area contributed by atoms with Crippen molar-refractivity contribution in [2.24, 2.45) is 0 Å². The number of ether oxygens (including phenoxy) is 1. The molecule has 0 unspecified atom stereocenters. The highest BCUT2D eigenvalue weighted by Crippen LogP contribution is 2.18. The monoisotopic (exact) mass is 408 g/mol. The highest BCUT2D eigenvalue weighted by molar-refractivity contribution is 5.88. The van der Waals surface area contributed by atoms with Crippen LogP contribution in [0.5, 0.6) is 5.75 Å². The van der Waals surface area contributed by atoms with Crippen molar-refractivity contribution < 1.29 is 14.3 Å².